The predicted octanol–water partition coefficient (Wildman–Crippen LogP) is 3.46. The molecule has 1 aromatic heterocycles. The first kappa shape index (κ1) is 19.7. The van der Waals surface area contributed by atoms with Gasteiger partial charge in [-0.25, -0.2) is 4.79 Å². The van der Waals surface area contributed by atoms with E-state index in [1.54, 1.807) is 30.3 Å². The third-order valence-electron chi connectivity index (χ3n) is 3.25. The molecule has 0 fully saturated rings. The van der Waals surface area contributed by atoms with E-state index in [1.807, 2.05) is 26.2 Å². The monoisotopic (exact) mass is 374 g/mol. The number of anilines is 1. The lowest BCUT2D eigenvalue weighted by Gasteiger charge is -2.23. The Hall–Kier alpha value is -2.67. The SMILES string of the molecule is C[C@H](OC(=O)c1cccc(NC(=O)c2cccs2)c1)C(=O)NC(C)(C)C. The maximum Gasteiger partial charge on any atom is 0.338 e. The number of hydrogen-bond donors (Lipinski definition) is 2. The molecule has 0 spiro atoms. The van der Waals surface area contributed by atoms with Crippen LogP contribution in [0, 0.1) is 0 Å². The highest BCUT2D eigenvalue weighted by molar-refractivity contribution is 7.12. The molecule has 0 aliphatic heterocycles. The van der Waals surface area contributed by atoms with E-state index < -0.39 is 17.6 Å². The molecule has 1 heterocycles. The minimum absolute atomic E-state index is 0.247. The highest BCUT2D eigenvalue weighted by Crippen LogP contribution is 2.16. The van der Waals surface area contributed by atoms with Crippen LogP contribution in [0.25, 0.3) is 0 Å². The van der Waals surface area contributed by atoms with Crippen LogP contribution in [0.4, 0.5) is 5.69 Å². The van der Waals surface area contributed by atoms with Crippen LogP contribution >= 0.6 is 11.3 Å². The summed E-state index contributed by atoms with van der Waals surface area (Å²) in [5.41, 5.74) is 0.318. The van der Waals surface area contributed by atoms with Crippen LogP contribution in [-0.2, 0) is 9.53 Å². The van der Waals surface area contributed by atoms with E-state index in [0.717, 1.165) is 0 Å². The van der Waals surface area contributed by atoms with Crippen molar-refractivity contribution in [1.29, 1.82) is 0 Å². The van der Waals surface area contributed by atoms with Crippen LogP contribution in [0.5, 0.6) is 0 Å². The lowest BCUT2D eigenvalue weighted by Crippen LogP contribution is -2.46. The number of ether oxygens (including phenoxy) is 1. The predicted molar refractivity (Wildman–Crippen MR) is 101 cm³/mol. The Kier molecular flexibility index (Phi) is 6.15. The van der Waals surface area contributed by atoms with Gasteiger partial charge in [-0.05, 0) is 57.3 Å². The van der Waals surface area contributed by atoms with Crippen molar-refractivity contribution in [3.8, 4) is 0 Å². The third kappa shape index (κ3) is 5.70. The fourth-order valence-corrected chi connectivity index (χ4v) is 2.70. The average Bonchev–Trinajstić information content (AvgIpc) is 3.08. The van der Waals surface area contributed by atoms with Crippen LogP contribution in [0.3, 0.4) is 0 Å². The van der Waals surface area contributed by atoms with Crippen molar-refractivity contribution in [1.82, 2.24) is 5.32 Å². The summed E-state index contributed by atoms with van der Waals surface area (Å²) in [5, 5.41) is 7.30. The summed E-state index contributed by atoms with van der Waals surface area (Å²) in [4.78, 5) is 37.0. The van der Waals surface area contributed by atoms with Gasteiger partial charge in [0.25, 0.3) is 11.8 Å². The average molecular weight is 374 g/mol. The Morgan fingerprint density at radius 3 is 2.46 bits per heavy atom. The van der Waals surface area contributed by atoms with Crippen LogP contribution in [0.15, 0.2) is 41.8 Å². The van der Waals surface area contributed by atoms with Crippen molar-refractivity contribution < 1.29 is 19.1 Å². The quantitative estimate of drug-likeness (QED) is 0.785. The summed E-state index contributed by atoms with van der Waals surface area (Å²) in [6.45, 7) is 7.05. The Morgan fingerprint density at radius 2 is 1.85 bits per heavy atom. The number of carbonyl (C=O) groups is 3. The van der Waals surface area contributed by atoms with Crippen molar-refractivity contribution >= 4 is 34.8 Å². The number of rotatable bonds is 5. The smallest absolute Gasteiger partial charge is 0.338 e. The Bertz CT molecular complexity index is 794. The van der Waals surface area contributed by atoms with Crippen LogP contribution in [0.1, 0.15) is 47.7 Å². The molecule has 26 heavy (non-hydrogen) atoms. The fraction of sp³-hybridized carbons (Fsp3) is 0.316. The zero-order valence-electron chi connectivity index (χ0n) is 15.2. The van der Waals surface area contributed by atoms with Crippen molar-refractivity contribution in [3.63, 3.8) is 0 Å². The van der Waals surface area contributed by atoms with Gasteiger partial charge in [-0.3, -0.25) is 9.59 Å². The maximum absolute atomic E-state index is 12.3. The fourth-order valence-electron chi connectivity index (χ4n) is 2.08. The zero-order valence-corrected chi connectivity index (χ0v) is 16.0. The molecule has 1 aromatic carbocycles. The van der Waals surface area contributed by atoms with Crippen LogP contribution in [-0.4, -0.2) is 29.4 Å². The third-order valence-corrected chi connectivity index (χ3v) is 4.12. The van der Waals surface area contributed by atoms with E-state index in [4.69, 9.17) is 4.74 Å². The van der Waals surface area contributed by atoms with Crippen molar-refractivity contribution in [2.75, 3.05) is 5.32 Å². The van der Waals surface area contributed by atoms with Crippen LogP contribution < -0.4 is 10.6 Å². The van der Waals surface area contributed by atoms with E-state index >= 15 is 0 Å². The molecule has 0 saturated heterocycles. The van der Waals surface area contributed by atoms with E-state index in [0.29, 0.717) is 10.6 Å². The molecule has 138 valence electrons. The van der Waals surface area contributed by atoms with E-state index in [9.17, 15) is 14.4 Å². The van der Waals surface area contributed by atoms with Gasteiger partial charge in [0.15, 0.2) is 6.10 Å². The lowest BCUT2D eigenvalue weighted by molar-refractivity contribution is -0.130. The first-order valence-electron chi connectivity index (χ1n) is 8.13. The van der Waals surface area contributed by atoms with Crippen molar-refractivity contribution in [3.05, 3.63) is 52.2 Å². The molecule has 0 aliphatic rings. The van der Waals surface area contributed by atoms with Gasteiger partial charge in [0.05, 0.1) is 10.4 Å². The number of carbonyl (C=O) groups excluding carboxylic acids is 3. The second-order valence-corrected chi connectivity index (χ2v) is 7.75. The second kappa shape index (κ2) is 8.14. The summed E-state index contributed by atoms with van der Waals surface area (Å²) in [5.74, 6) is -1.25. The molecular formula is C19H22N2O4S. The number of thiophene rings is 1. The molecule has 2 amide bonds. The molecule has 0 unspecified atom stereocenters. The number of benzene rings is 1. The molecule has 0 radical (unpaired) electrons. The van der Waals surface area contributed by atoms with E-state index in [-0.39, 0.29) is 17.4 Å². The van der Waals surface area contributed by atoms with Crippen molar-refractivity contribution in [2.45, 2.75) is 39.3 Å². The molecule has 0 aliphatic carbocycles. The molecular weight excluding hydrogens is 352 g/mol. The van der Waals surface area contributed by atoms with Gasteiger partial charge in [-0.15, -0.1) is 11.3 Å². The minimum atomic E-state index is -0.925. The molecule has 2 rings (SSSR count). The number of esters is 1. The minimum Gasteiger partial charge on any atom is -0.449 e. The van der Waals surface area contributed by atoms with Gasteiger partial charge in [0.2, 0.25) is 0 Å². The van der Waals surface area contributed by atoms with E-state index in [2.05, 4.69) is 10.6 Å². The molecule has 2 N–H and O–H groups in total. The Morgan fingerprint density at radius 1 is 1.12 bits per heavy atom. The molecule has 2 aromatic rings. The highest BCUT2D eigenvalue weighted by atomic mass is 32.1. The molecule has 0 bridgehead atoms. The van der Waals surface area contributed by atoms with Gasteiger partial charge in [0.1, 0.15) is 0 Å². The summed E-state index contributed by atoms with van der Waals surface area (Å²) in [7, 11) is 0. The standard InChI is InChI=1S/C19H22N2O4S/c1-12(16(22)21-19(2,3)4)25-18(24)13-7-5-8-14(11-13)20-17(23)15-9-6-10-26-15/h5-12H,1-4H3,(H,20,23)(H,21,22)/t12-/m0/s1. The first-order valence-corrected chi connectivity index (χ1v) is 9.01. The normalized spacial score (nSPS) is 12.2. The molecule has 0 saturated carbocycles. The van der Waals surface area contributed by atoms with Gasteiger partial charge in [-0.1, -0.05) is 12.1 Å². The largest absolute Gasteiger partial charge is 0.449 e. The number of nitrogens with one attached hydrogen (secondary N) is 2. The Balaban J connectivity index is 2.01. The number of amides is 2. The Labute approximate surface area is 156 Å². The van der Waals surface area contributed by atoms with Gasteiger partial charge in [0, 0.05) is 11.2 Å². The van der Waals surface area contributed by atoms with E-state index in [1.165, 1.54) is 24.3 Å². The second-order valence-electron chi connectivity index (χ2n) is 6.80. The molecule has 6 nitrogen and oxygen atoms in total. The molecule has 1 atom stereocenters. The van der Waals surface area contributed by atoms with Crippen molar-refractivity contribution in [2.24, 2.45) is 0 Å². The van der Waals surface area contributed by atoms with Gasteiger partial charge in [-0.2, -0.15) is 0 Å². The molecule has 7 heteroatoms. The zero-order chi connectivity index (χ0) is 19.3. The summed E-state index contributed by atoms with van der Waals surface area (Å²) in [6, 6.07) is 9.91. The highest BCUT2D eigenvalue weighted by Gasteiger charge is 2.23. The summed E-state index contributed by atoms with van der Waals surface area (Å²) in [6.07, 6.45) is -0.925. The summed E-state index contributed by atoms with van der Waals surface area (Å²) >= 11 is 1.33. The summed E-state index contributed by atoms with van der Waals surface area (Å²) < 4.78 is 5.21. The van der Waals surface area contributed by atoms with Gasteiger partial charge < -0.3 is 15.4 Å². The van der Waals surface area contributed by atoms with Gasteiger partial charge >= 0.3 is 5.97 Å². The first-order chi connectivity index (χ1) is 12.2. The number of hydrogen-bond acceptors (Lipinski definition) is 5. The lowest BCUT2D eigenvalue weighted by atomic mass is 10.1. The maximum atomic E-state index is 12.3. The van der Waals surface area contributed by atoms with Crippen LogP contribution in [0.2, 0.25) is 0 Å². The topological polar surface area (TPSA) is 84.5 Å².